The van der Waals surface area contributed by atoms with Gasteiger partial charge in [0, 0.05) is 12.2 Å². The minimum absolute atomic E-state index is 0.0433. The van der Waals surface area contributed by atoms with Crippen molar-refractivity contribution in [2.24, 2.45) is 11.1 Å². The fourth-order valence-corrected chi connectivity index (χ4v) is 1.90. The van der Waals surface area contributed by atoms with E-state index in [1.54, 1.807) is 0 Å². The molecule has 1 aliphatic rings. The molecule has 1 aromatic carbocycles. The average Bonchev–Trinajstić information content (AvgIpc) is 2.21. The molecule has 0 bridgehead atoms. The van der Waals surface area contributed by atoms with Crippen LogP contribution in [-0.4, -0.2) is 25.7 Å². The van der Waals surface area contributed by atoms with Crippen LogP contribution in [0.3, 0.4) is 0 Å². The van der Waals surface area contributed by atoms with Crippen molar-refractivity contribution < 1.29 is 9.53 Å². The number of benzene rings is 1. The highest BCUT2D eigenvalue weighted by atomic mass is 16.5. The summed E-state index contributed by atoms with van der Waals surface area (Å²) in [5.41, 5.74) is 8.20. The van der Waals surface area contributed by atoms with E-state index in [0.29, 0.717) is 19.8 Å². The van der Waals surface area contributed by atoms with Crippen molar-refractivity contribution in [3.8, 4) is 0 Å². The summed E-state index contributed by atoms with van der Waals surface area (Å²) >= 11 is 0. The standard InChI is InChI=1S/C13H18N2O2/c1-9-3-4-11(10(2)5-9)15-12(16)13(6-14)7-17-8-13/h3-5H,6-8,14H2,1-2H3,(H,15,16). The van der Waals surface area contributed by atoms with E-state index in [4.69, 9.17) is 10.5 Å². The Hall–Kier alpha value is -1.39. The minimum Gasteiger partial charge on any atom is -0.379 e. The number of aryl methyl sites for hydroxylation is 2. The first kappa shape index (κ1) is 12.1. The highest BCUT2D eigenvalue weighted by Crippen LogP contribution is 2.28. The van der Waals surface area contributed by atoms with E-state index >= 15 is 0 Å². The van der Waals surface area contributed by atoms with Gasteiger partial charge in [0.1, 0.15) is 5.41 Å². The van der Waals surface area contributed by atoms with Crippen LogP contribution < -0.4 is 11.1 Å². The molecule has 0 unspecified atom stereocenters. The lowest BCUT2D eigenvalue weighted by Gasteiger charge is -2.38. The number of carbonyl (C=O) groups is 1. The van der Waals surface area contributed by atoms with Crippen LogP contribution in [0.15, 0.2) is 18.2 Å². The van der Waals surface area contributed by atoms with Crippen LogP contribution in [0.1, 0.15) is 11.1 Å². The van der Waals surface area contributed by atoms with Crippen LogP contribution in [0.25, 0.3) is 0 Å². The number of carbonyl (C=O) groups excluding carboxylic acids is 1. The highest BCUT2D eigenvalue weighted by Gasteiger charge is 2.44. The number of hydrogen-bond donors (Lipinski definition) is 2. The number of anilines is 1. The summed E-state index contributed by atoms with van der Waals surface area (Å²) in [6.45, 7) is 5.17. The van der Waals surface area contributed by atoms with Crippen molar-refractivity contribution in [3.63, 3.8) is 0 Å². The SMILES string of the molecule is Cc1ccc(NC(=O)C2(CN)COC2)c(C)c1. The van der Waals surface area contributed by atoms with Gasteiger partial charge >= 0.3 is 0 Å². The molecule has 4 nitrogen and oxygen atoms in total. The Kier molecular flexibility index (Phi) is 3.17. The van der Waals surface area contributed by atoms with Crippen molar-refractivity contribution in [2.75, 3.05) is 25.1 Å². The Bertz CT molecular complexity index is 434. The van der Waals surface area contributed by atoms with Crippen molar-refractivity contribution in [2.45, 2.75) is 13.8 Å². The van der Waals surface area contributed by atoms with Gasteiger partial charge in [-0.1, -0.05) is 17.7 Å². The largest absolute Gasteiger partial charge is 0.379 e. The molecule has 0 spiro atoms. The monoisotopic (exact) mass is 234 g/mol. The quantitative estimate of drug-likeness (QED) is 0.826. The number of nitrogens with two attached hydrogens (primary N) is 1. The van der Waals surface area contributed by atoms with Gasteiger partial charge in [-0.15, -0.1) is 0 Å². The fraction of sp³-hybridized carbons (Fsp3) is 0.462. The van der Waals surface area contributed by atoms with E-state index in [9.17, 15) is 4.79 Å². The molecule has 1 aromatic rings. The first-order valence-corrected chi connectivity index (χ1v) is 5.74. The van der Waals surface area contributed by atoms with Gasteiger partial charge in [-0.2, -0.15) is 0 Å². The van der Waals surface area contributed by atoms with E-state index in [-0.39, 0.29) is 5.91 Å². The lowest BCUT2D eigenvalue weighted by molar-refractivity contribution is -0.153. The molecule has 0 aromatic heterocycles. The fourth-order valence-electron chi connectivity index (χ4n) is 1.90. The Labute approximate surface area is 101 Å². The Balaban J connectivity index is 2.13. The summed E-state index contributed by atoms with van der Waals surface area (Å²) in [5.74, 6) is -0.0433. The maximum atomic E-state index is 12.1. The third-order valence-electron chi connectivity index (χ3n) is 3.26. The summed E-state index contributed by atoms with van der Waals surface area (Å²) < 4.78 is 5.10. The van der Waals surface area contributed by atoms with Crippen molar-refractivity contribution in [1.29, 1.82) is 0 Å². The molecule has 92 valence electrons. The summed E-state index contributed by atoms with van der Waals surface area (Å²) in [6.07, 6.45) is 0. The van der Waals surface area contributed by atoms with Gasteiger partial charge in [0.15, 0.2) is 0 Å². The molecule has 3 N–H and O–H groups in total. The van der Waals surface area contributed by atoms with Crippen LogP contribution in [0.5, 0.6) is 0 Å². The van der Waals surface area contributed by atoms with Crippen LogP contribution in [-0.2, 0) is 9.53 Å². The average molecular weight is 234 g/mol. The van der Waals surface area contributed by atoms with Gasteiger partial charge in [0.05, 0.1) is 13.2 Å². The predicted octanol–water partition coefficient (Wildman–Crippen LogP) is 1.22. The number of rotatable bonds is 3. The maximum absolute atomic E-state index is 12.1. The normalized spacial score (nSPS) is 17.4. The van der Waals surface area contributed by atoms with Gasteiger partial charge in [-0.05, 0) is 25.5 Å². The maximum Gasteiger partial charge on any atom is 0.236 e. The zero-order valence-corrected chi connectivity index (χ0v) is 10.2. The van der Waals surface area contributed by atoms with Gasteiger partial charge in [-0.3, -0.25) is 4.79 Å². The molecular weight excluding hydrogens is 216 g/mol. The summed E-state index contributed by atoms with van der Waals surface area (Å²) in [7, 11) is 0. The third-order valence-corrected chi connectivity index (χ3v) is 3.26. The van der Waals surface area contributed by atoms with E-state index < -0.39 is 5.41 Å². The van der Waals surface area contributed by atoms with Crippen molar-refractivity contribution in [1.82, 2.24) is 0 Å². The first-order valence-electron chi connectivity index (χ1n) is 5.74. The van der Waals surface area contributed by atoms with Crippen molar-refractivity contribution >= 4 is 11.6 Å². The summed E-state index contributed by atoms with van der Waals surface area (Å²) in [6, 6.07) is 5.95. The molecule has 0 atom stereocenters. The molecule has 1 aliphatic heterocycles. The molecule has 17 heavy (non-hydrogen) atoms. The molecule has 4 heteroatoms. The van der Waals surface area contributed by atoms with E-state index in [0.717, 1.165) is 11.3 Å². The van der Waals surface area contributed by atoms with E-state index in [2.05, 4.69) is 5.32 Å². The van der Waals surface area contributed by atoms with Crippen LogP contribution >= 0.6 is 0 Å². The molecule has 1 fully saturated rings. The number of nitrogens with one attached hydrogen (secondary N) is 1. The molecule has 1 heterocycles. The van der Waals surface area contributed by atoms with E-state index in [1.165, 1.54) is 5.56 Å². The number of ether oxygens (including phenoxy) is 1. The molecule has 2 rings (SSSR count). The lowest BCUT2D eigenvalue weighted by atomic mass is 9.85. The summed E-state index contributed by atoms with van der Waals surface area (Å²) in [4.78, 5) is 12.1. The topological polar surface area (TPSA) is 64.4 Å². The lowest BCUT2D eigenvalue weighted by Crippen LogP contribution is -2.56. The summed E-state index contributed by atoms with van der Waals surface area (Å²) in [5, 5.41) is 2.93. The predicted molar refractivity (Wildman–Crippen MR) is 66.9 cm³/mol. The first-order chi connectivity index (χ1) is 8.07. The van der Waals surface area contributed by atoms with E-state index in [1.807, 2.05) is 32.0 Å². The number of hydrogen-bond acceptors (Lipinski definition) is 3. The smallest absolute Gasteiger partial charge is 0.236 e. The molecule has 0 aliphatic carbocycles. The van der Waals surface area contributed by atoms with Crippen LogP contribution in [0.4, 0.5) is 5.69 Å². The van der Waals surface area contributed by atoms with Crippen LogP contribution in [0, 0.1) is 19.3 Å². The molecule has 0 radical (unpaired) electrons. The molecule has 0 saturated carbocycles. The minimum atomic E-state index is -0.530. The van der Waals surface area contributed by atoms with Gasteiger partial charge in [0.2, 0.25) is 5.91 Å². The second-order valence-corrected chi connectivity index (χ2v) is 4.75. The molecular formula is C13H18N2O2. The second kappa shape index (κ2) is 4.47. The Morgan fingerprint density at radius 2 is 2.18 bits per heavy atom. The zero-order chi connectivity index (χ0) is 12.5. The zero-order valence-electron chi connectivity index (χ0n) is 10.2. The molecule has 1 amide bonds. The van der Waals surface area contributed by atoms with Gasteiger partial charge in [0.25, 0.3) is 0 Å². The Morgan fingerprint density at radius 1 is 1.47 bits per heavy atom. The highest BCUT2D eigenvalue weighted by molar-refractivity contribution is 5.96. The number of amides is 1. The van der Waals surface area contributed by atoms with Crippen molar-refractivity contribution in [3.05, 3.63) is 29.3 Å². The second-order valence-electron chi connectivity index (χ2n) is 4.75. The van der Waals surface area contributed by atoms with Crippen LogP contribution in [0.2, 0.25) is 0 Å². The Morgan fingerprint density at radius 3 is 2.65 bits per heavy atom. The molecule has 1 saturated heterocycles. The van der Waals surface area contributed by atoms with Gasteiger partial charge in [-0.25, -0.2) is 0 Å². The third kappa shape index (κ3) is 2.18. The van der Waals surface area contributed by atoms with Gasteiger partial charge < -0.3 is 15.8 Å².